The highest BCUT2D eigenvalue weighted by atomic mass is 32.1. The fourth-order valence-corrected chi connectivity index (χ4v) is 2.93. The van der Waals surface area contributed by atoms with E-state index in [1.54, 1.807) is 6.07 Å². The number of H-pyrrole nitrogens is 1. The number of aromatic amines is 1. The number of carboxylic acids is 1. The van der Waals surface area contributed by atoms with Crippen LogP contribution in [0.4, 0.5) is 5.69 Å². The summed E-state index contributed by atoms with van der Waals surface area (Å²) >= 11 is 1.20. The third kappa shape index (κ3) is 1.56. The van der Waals surface area contributed by atoms with Crippen LogP contribution in [0.3, 0.4) is 0 Å². The van der Waals surface area contributed by atoms with E-state index < -0.39 is 5.97 Å². The van der Waals surface area contributed by atoms with Crippen molar-refractivity contribution in [3.63, 3.8) is 0 Å². The lowest BCUT2D eigenvalue weighted by Crippen LogP contribution is -1.96. The standard InChI is InChI=1S/C13H10N2O2S/c14-9-5-11(18-12(9)13(16)17)8-6-15-10-4-2-1-3-7(8)10/h1-6,15H,14H2,(H,16,17). The number of hydrogen-bond acceptors (Lipinski definition) is 3. The zero-order valence-corrected chi connectivity index (χ0v) is 10.1. The van der Waals surface area contributed by atoms with Crippen molar-refractivity contribution >= 4 is 33.9 Å². The molecule has 0 atom stereocenters. The van der Waals surface area contributed by atoms with Gasteiger partial charge in [-0.1, -0.05) is 18.2 Å². The van der Waals surface area contributed by atoms with Crippen LogP contribution in [-0.4, -0.2) is 16.1 Å². The molecule has 2 aromatic heterocycles. The number of anilines is 1. The van der Waals surface area contributed by atoms with Gasteiger partial charge in [0.25, 0.3) is 0 Å². The van der Waals surface area contributed by atoms with Gasteiger partial charge in [-0.3, -0.25) is 0 Å². The van der Waals surface area contributed by atoms with Gasteiger partial charge in [0.2, 0.25) is 0 Å². The van der Waals surface area contributed by atoms with Gasteiger partial charge in [0.05, 0.1) is 5.69 Å². The minimum absolute atomic E-state index is 0.190. The topological polar surface area (TPSA) is 79.1 Å². The predicted octanol–water partition coefficient (Wildman–Crippen LogP) is 3.18. The second-order valence-electron chi connectivity index (χ2n) is 3.95. The van der Waals surface area contributed by atoms with Crippen molar-refractivity contribution < 1.29 is 9.90 Å². The van der Waals surface area contributed by atoms with Crippen LogP contribution >= 0.6 is 11.3 Å². The van der Waals surface area contributed by atoms with E-state index in [-0.39, 0.29) is 4.88 Å². The Balaban J connectivity index is 2.20. The van der Waals surface area contributed by atoms with Crippen LogP contribution in [0.5, 0.6) is 0 Å². The number of rotatable bonds is 2. The summed E-state index contributed by atoms with van der Waals surface area (Å²) in [7, 11) is 0. The van der Waals surface area contributed by atoms with Crippen LogP contribution < -0.4 is 5.73 Å². The number of aromatic nitrogens is 1. The summed E-state index contributed by atoms with van der Waals surface area (Å²) in [6.07, 6.45) is 1.88. The molecule has 0 saturated heterocycles. The van der Waals surface area contributed by atoms with E-state index in [0.717, 1.165) is 21.3 Å². The molecule has 4 N–H and O–H groups in total. The van der Waals surface area contributed by atoms with Crippen LogP contribution in [0.2, 0.25) is 0 Å². The average Bonchev–Trinajstić information content (AvgIpc) is 2.92. The second kappa shape index (κ2) is 3.89. The number of hydrogen-bond donors (Lipinski definition) is 3. The highest BCUT2D eigenvalue weighted by Gasteiger charge is 2.15. The number of nitrogen functional groups attached to an aromatic ring is 1. The summed E-state index contributed by atoms with van der Waals surface area (Å²) in [6.45, 7) is 0. The normalized spacial score (nSPS) is 10.9. The average molecular weight is 258 g/mol. The number of nitrogens with one attached hydrogen (secondary N) is 1. The van der Waals surface area contributed by atoms with Gasteiger partial charge >= 0.3 is 5.97 Å². The number of carboxylic acid groups (broad SMARTS) is 1. The van der Waals surface area contributed by atoms with E-state index in [1.807, 2.05) is 30.5 Å². The number of fused-ring (bicyclic) bond motifs is 1. The van der Waals surface area contributed by atoms with Crippen molar-refractivity contribution in [2.24, 2.45) is 0 Å². The molecule has 0 unspecified atom stereocenters. The third-order valence-corrected chi connectivity index (χ3v) is 3.98. The largest absolute Gasteiger partial charge is 0.477 e. The van der Waals surface area contributed by atoms with E-state index in [1.165, 1.54) is 11.3 Å². The van der Waals surface area contributed by atoms with Crippen LogP contribution in [0.25, 0.3) is 21.3 Å². The lowest BCUT2D eigenvalue weighted by atomic mass is 10.1. The molecule has 3 rings (SSSR count). The summed E-state index contributed by atoms with van der Waals surface area (Å²) in [5.41, 5.74) is 8.03. The van der Waals surface area contributed by atoms with E-state index in [4.69, 9.17) is 10.8 Å². The number of carbonyl (C=O) groups is 1. The Hall–Kier alpha value is -2.27. The molecule has 0 aliphatic carbocycles. The van der Waals surface area contributed by atoms with Gasteiger partial charge < -0.3 is 15.8 Å². The molecule has 0 aliphatic rings. The Morgan fingerprint density at radius 2 is 2.11 bits per heavy atom. The fourth-order valence-electron chi connectivity index (χ4n) is 1.98. The molecule has 1 aromatic carbocycles. The number of thiophene rings is 1. The molecule has 90 valence electrons. The zero-order chi connectivity index (χ0) is 12.7. The molecule has 0 fully saturated rings. The molecule has 0 amide bonds. The maximum absolute atomic E-state index is 11.0. The lowest BCUT2D eigenvalue weighted by molar-refractivity contribution is 0.0703. The van der Waals surface area contributed by atoms with E-state index in [2.05, 4.69) is 4.98 Å². The minimum atomic E-state index is -0.983. The highest BCUT2D eigenvalue weighted by Crippen LogP contribution is 2.36. The monoisotopic (exact) mass is 258 g/mol. The van der Waals surface area contributed by atoms with Crippen molar-refractivity contribution in [3.8, 4) is 10.4 Å². The smallest absolute Gasteiger partial charge is 0.348 e. The molecule has 0 spiro atoms. The molecule has 5 heteroatoms. The number of benzene rings is 1. The van der Waals surface area contributed by atoms with E-state index >= 15 is 0 Å². The van der Waals surface area contributed by atoms with Gasteiger partial charge in [-0.05, 0) is 12.1 Å². The molecular formula is C13H10N2O2S. The SMILES string of the molecule is Nc1cc(-c2c[nH]c3ccccc23)sc1C(=O)O. The summed E-state index contributed by atoms with van der Waals surface area (Å²) in [5.74, 6) is -0.983. The van der Waals surface area contributed by atoms with Crippen LogP contribution in [0, 0.1) is 0 Å². The first-order valence-electron chi connectivity index (χ1n) is 5.36. The molecule has 2 heterocycles. The molecule has 4 nitrogen and oxygen atoms in total. The van der Waals surface area contributed by atoms with Crippen molar-refractivity contribution in [1.29, 1.82) is 0 Å². The van der Waals surface area contributed by atoms with Crippen LogP contribution in [0.1, 0.15) is 9.67 Å². The highest BCUT2D eigenvalue weighted by molar-refractivity contribution is 7.18. The first-order valence-corrected chi connectivity index (χ1v) is 6.17. The summed E-state index contributed by atoms with van der Waals surface area (Å²) in [6, 6.07) is 9.60. The summed E-state index contributed by atoms with van der Waals surface area (Å²) in [4.78, 5) is 15.2. The Morgan fingerprint density at radius 1 is 1.33 bits per heavy atom. The Bertz CT molecular complexity index is 742. The van der Waals surface area contributed by atoms with Gasteiger partial charge in [-0.15, -0.1) is 11.3 Å². The molecule has 0 aliphatic heterocycles. The Labute approximate surface area is 107 Å². The molecular weight excluding hydrogens is 248 g/mol. The number of aromatic carboxylic acids is 1. The van der Waals surface area contributed by atoms with Crippen molar-refractivity contribution in [3.05, 3.63) is 41.4 Å². The van der Waals surface area contributed by atoms with Crippen LogP contribution in [0.15, 0.2) is 36.5 Å². The first kappa shape index (κ1) is 10.9. The van der Waals surface area contributed by atoms with E-state index in [0.29, 0.717) is 5.69 Å². The number of para-hydroxylation sites is 1. The maximum Gasteiger partial charge on any atom is 0.348 e. The first-order chi connectivity index (χ1) is 8.66. The molecule has 0 saturated carbocycles. The maximum atomic E-state index is 11.0. The molecule has 3 aromatic rings. The second-order valence-corrected chi connectivity index (χ2v) is 5.00. The van der Waals surface area contributed by atoms with Gasteiger partial charge in [0.1, 0.15) is 4.88 Å². The van der Waals surface area contributed by atoms with Crippen LogP contribution in [-0.2, 0) is 0 Å². The Morgan fingerprint density at radius 3 is 2.83 bits per heavy atom. The molecule has 0 radical (unpaired) electrons. The summed E-state index contributed by atoms with van der Waals surface area (Å²) in [5, 5.41) is 10.1. The van der Waals surface area contributed by atoms with Crippen molar-refractivity contribution in [2.75, 3.05) is 5.73 Å². The quantitative estimate of drug-likeness (QED) is 0.660. The summed E-state index contributed by atoms with van der Waals surface area (Å²) < 4.78 is 0. The zero-order valence-electron chi connectivity index (χ0n) is 9.31. The number of nitrogens with two attached hydrogens (primary N) is 1. The van der Waals surface area contributed by atoms with Crippen molar-refractivity contribution in [1.82, 2.24) is 4.98 Å². The van der Waals surface area contributed by atoms with E-state index in [9.17, 15) is 4.79 Å². The van der Waals surface area contributed by atoms with Gasteiger partial charge in [0.15, 0.2) is 0 Å². The minimum Gasteiger partial charge on any atom is -0.477 e. The third-order valence-electron chi connectivity index (χ3n) is 2.81. The molecule has 0 bridgehead atoms. The van der Waals surface area contributed by atoms with Gasteiger partial charge in [0, 0.05) is 27.5 Å². The predicted molar refractivity (Wildman–Crippen MR) is 73.0 cm³/mol. The lowest BCUT2D eigenvalue weighted by Gasteiger charge is -1.93. The van der Waals surface area contributed by atoms with Gasteiger partial charge in [-0.25, -0.2) is 4.79 Å². The Kier molecular flexibility index (Phi) is 2.34. The van der Waals surface area contributed by atoms with Crippen molar-refractivity contribution in [2.45, 2.75) is 0 Å². The fraction of sp³-hybridized carbons (Fsp3) is 0. The molecule has 18 heavy (non-hydrogen) atoms. The van der Waals surface area contributed by atoms with Gasteiger partial charge in [-0.2, -0.15) is 0 Å².